The van der Waals surface area contributed by atoms with Crippen LogP contribution in [0.3, 0.4) is 0 Å². The number of fused-ring (bicyclic) bond motifs is 1. The van der Waals surface area contributed by atoms with Gasteiger partial charge in [-0.2, -0.15) is 0 Å². The van der Waals surface area contributed by atoms with E-state index in [0.29, 0.717) is 11.4 Å². The van der Waals surface area contributed by atoms with E-state index in [1.807, 2.05) is 6.07 Å². The van der Waals surface area contributed by atoms with Crippen LogP contribution in [0.25, 0.3) is 0 Å². The summed E-state index contributed by atoms with van der Waals surface area (Å²) in [6.07, 6.45) is 5.49. The fourth-order valence-electron chi connectivity index (χ4n) is 3.70. The van der Waals surface area contributed by atoms with Crippen LogP contribution in [0.1, 0.15) is 47.4 Å². The molecule has 0 amide bonds. The lowest BCUT2D eigenvalue weighted by molar-refractivity contribution is -0.137. The highest BCUT2D eigenvalue weighted by atomic mass is 16.4. The second-order valence-electron chi connectivity index (χ2n) is 7.65. The highest BCUT2D eigenvalue weighted by Crippen LogP contribution is 2.22. The standard InChI is InChI=1S/C23H23N5O4/c29-20(19-7-5-15-3-2-10-25-22(15)27-19)8-6-18-14-28(23(32)26-18)13-17(11-21(30)31)16-4-1-9-24-12-16/h1,4-5,7,9,12,14,17,20,29H,2-3,10-11,13H2,(H,25,27)(H,26,32)(H,30,31). The highest BCUT2D eigenvalue weighted by Gasteiger charge is 2.18. The number of carbonyl (C=O) groups is 1. The Labute approximate surface area is 184 Å². The van der Waals surface area contributed by atoms with E-state index in [4.69, 9.17) is 0 Å². The van der Waals surface area contributed by atoms with Crippen molar-refractivity contribution in [3.63, 3.8) is 0 Å². The molecule has 0 saturated carbocycles. The van der Waals surface area contributed by atoms with Gasteiger partial charge < -0.3 is 15.5 Å². The van der Waals surface area contributed by atoms with Gasteiger partial charge in [-0.1, -0.05) is 18.1 Å². The first kappa shape index (κ1) is 21.3. The number of imidazole rings is 1. The number of aromatic nitrogens is 4. The predicted octanol–water partition coefficient (Wildman–Crippen LogP) is 1.67. The minimum atomic E-state index is -1.11. The zero-order valence-electron chi connectivity index (χ0n) is 17.3. The maximum Gasteiger partial charge on any atom is 0.326 e. The first-order chi connectivity index (χ1) is 15.5. The molecule has 0 fully saturated rings. The first-order valence-corrected chi connectivity index (χ1v) is 10.3. The molecule has 0 aliphatic carbocycles. The van der Waals surface area contributed by atoms with Crippen molar-refractivity contribution in [3.05, 3.63) is 75.9 Å². The van der Waals surface area contributed by atoms with Gasteiger partial charge in [-0.25, -0.2) is 9.78 Å². The number of aliphatic hydroxyl groups excluding tert-OH is 1. The summed E-state index contributed by atoms with van der Waals surface area (Å²) >= 11 is 0. The number of anilines is 1. The molecule has 0 aromatic carbocycles. The van der Waals surface area contributed by atoms with Crippen molar-refractivity contribution in [3.8, 4) is 11.8 Å². The monoisotopic (exact) mass is 433 g/mol. The van der Waals surface area contributed by atoms with Crippen molar-refractivity contribution >= 4 is 11.8 Å². The normalized spacial score (nSPS) is 14.4. The summed E-state index contributed by atoms with van der Waals surface area (Å²) in [6.45, 7) is 1.01. The van der Waals surface area contributed by atoms with Crippen LogP contribution in [-0.2, 0) is 17.8 Å². The van der Waals surface area contributed by atoms with Crippen LogP contribution in [0.5, 0.6) is 0 Å². The maximum absolute atomic E-state index is 12.4. The highest BCUT2D eigenvalue weighted by molar-refractivity contribution is 5.68. The van der Waals surface area contributed by atoms with Crippen molar-refractivity contribution in [2.45, 2.75) is 37.8 Å². The molecule has 32 heavy (non-hydrogen) atoms. The molecule has 4 N–H and O–H groups in total. The number of aryl methyl sites for hydroxylation is 1. The average molecular weight is 433 g/mol. The number of rotatable bonds is 6. The zero-order valence-corrected chi connectivity index (χ0v) is 17.3. The Kier molecular flexibility index (Phi) is 6.33. The predicted molar refractivity (Wildman–Crippen MR) is 117 cm³/mol. The van der Waals surface area contributed by atoms with Gasteiger partial charge in [0.15, 0.2) is 6.10 Å². The topological polar surface area (TPSA) is 133 Å². The first-order valence-electron chi connectivity index (χ1n) is 10.3. The molecule has 0 radical (unpaired) electrons. The molecular formula is C23H23N5O4. The van der Waals surface area contributed by atoms with Crippen LogP contribution in [0, 0.1) is 11.8 Å². The Morgan fingerprint density at radius 2 is 2.19 bits per heavy atom. The third-order valence-electron chi connectivity index (χ3n) is 5.32. The van der Waals surface area contributed by atoms with Crippen molar-refractivity contribution in [2.24, 2.45) is 0 Å². The van der Waals surface area contributed by atoms with Crippen LogP contribution < -0.4 is 11.0 Å². The lowest BCUT2D eigenvalue weighted by Crippen LogP contribution is -2.22. The number of aromatic amines is 1. The van der Waals surface area contributed by atoms with Crippen LogP contribution in [0.4, 0.5) is 5.82 Å². The van der Waals surface area contributed by atoms with E-state index in [0.717, 1.165) is 36.3 Å². The summed E-state index contributed by atoms with van der Waals surface area (Å²) in [7, 11) is 0. The van der Waals surface area contributed by atoms with Gasteiger partial charge in [0, 0.05) is 37.6 Å². The number of hydrogen-bond acceptors (Lipinski definition) is 6. The quantitative estimate of drug-likeness (QED) is 0.435. The number of carboxylic acid groups (broad SMARTS) is 1. The summed E-state index contributed by atoms with van der Waals surface area (Å²) in [6, 6.07) is 7.21. The molecule has 4 heterocycles. The molecule has 164 valence electrons. The number of hydrogen-bond donors (Lipinski definition) is 4. The van der Waals surface area contributed by atoms with Crippen LogP contribution in [-0.4, -0.2) is 42.2 Å². The fraction of sp³-hybridized carbons (Fsp3) is 0.304. The number of H-pyrrole nitrogens is 1. The third-order valence-corrected chi connectivity index (χ3v) is 5.32. The summed E-state index contributed by atoms with van der Waals surface area (Å²) in [5.41, 5.74) is 2.21. The number of nitrogens with one attached hydrogen (secondary N) is 2. The van der Waals surface area contributed by atoms with Gasteiger partial charge in [-0.05, 0) is 42.0 Å². The van der Waals surface area contributed by atoms with Crippen molar-refractivity contribution in [1.29, 1.82) is 0 Å². The lowest BCUT2D eigenvalue weighted by atomic mass is 9.97. The average Bonchev–Trinajstić information content (AvgIpc) is 3.16. The molecule has 3 aromatic rings. The number of pyridine rings is 2. The minimum Gasteiger partial charge on any atom is -0.481 e. The van der Waals surface area contributed by atoms with Crippen LogP contribution >= 0.6 is 0 Å². The molecule has 1 aliphatic heterocycles. The van der Waals surface area contributed by atoms with Gasteiger partial charge in [0.2, 0.25) is 0 Å². The molecule has 0 bridgehead atoms. The summed E-state index contributed by atoms with van der Waals surface area (Å²) < 4.78 is 1.39. The van der Waals surface area contributed by atoms with Gasteiger partial charge in [-0.3, -0.25) is 19.3 Å². The summed E-state index contributed by atoms with van der Waals surface area (Å²) in [5, 5.41) is 22.9. The van der Waals surface area contributed by atoms with Crippen molar-refractivity contribution in [2.75, 3.05) is 11.9 Å². The Morgan fingerprint density at radius 3 is 2.97 bits per heavy atom. The largest absolute Gasteiger partial charge is 0.481 e. The molecule has 4 rings (SSSR count). The Hall–Kier alpha value is -3.90. The van der Waals surface area contributed by atoms with Gasteiger partial charge in [0.1, 0.15) is 11.5 Å². The van der Waals surface area contributed by atoms with E-state index in [-0.39, 0.29) is 13.0 Å². The molecule has 9 heteroatoms. The lowest BCUT2D eigenvalue weighted by Gasteiger charge is -2.17. The van der Waals surface area contributed by atoms with E-state index in [2.05, 4.69) is 32.1 Å². The van der Waals surface area contributed by atoms with E-state index < -0.39 is 23.7 Å². The molecule has 2 atom stereocenters. The van der Waals surface area contributed by atoms with E-state index in [1.165, 1.54) is 10.8 Å². The summed E-state index contributed by atoms with van der Waals surface area (Å²) in [5.74, 6) is 4.87. The fourth-order valence-corrected chi connectivity index (χ4v) is 3.70. The third kappa shape index (κ3) is 5.04. The number of aliphatic hydroxyl groups is 1. The van der Waals surface area contributed by atoms with Crippen molar-refractivity contribution in [1.82, 2.24) is 19.5 Å². The zero-order chi connectivity index (χ0) is 22.5. The molecule has 2 unspecified atom stereocenters. The van der Waals surface area contributed by atoms with Gasteiger partial charge in [0.05, 0.1) is 12.1 Å². The molecule has 9 nitrogen and oxygen atoms in total. The Balaban J connectivity index is 1.51. The number of nitrogens with zero attached hydrogens (tertiary/aromatic N) is 3. The SMILES string of the molecule is O=C(O)CC(Cn1cc(C#CC(O)c2ccc3c(n2)NCCC3)[nH]c1=O)c1cccnc1. The van der Waals surface area contributed by atoms with Crippen molar-refractivity contribution < 1.29 is 15.0 Å². The van der Waals surface area contributed by atoms with E-state index >= 15 is 0 Å². The van der Waals surface area contributed by atoms with Crippen LogP contribution in [0.2, 0.25) is 0 Å². The number of aliphatic carboxylic acids is 1. The molecular weight excluding hydrogens is 410 g/mol. The molecule has 0 saturated heterocycles. The molecule has 0 spiro atoms. The van der Waals surface area contributed by atoms with E-state index in [9.17, 15) is 19.8 Å². The van der Waals surface area contributed by atoms with Gasteiger partial charge in [0.25, 0.3) is 0 Å². The Bertz CT molecular complexity index is 1220. The number of carboxylic acids is 1. The molecule has 1 aliphatic rings. The maximum atomic E-state index is 12.4. The van der Waals surface area contributed by atoms with Crippen LogP contribution in [0.15, 0.2) is 47.7 Å². The minimum absolute atomic E-state index is 0.138. The molecule has 3 aromatic heterocycles. The second-order valence-corrected chi connectivity index (χ2v) is 7.65. The second kappa shape index (κ2) is 9.49. The van der Waals surface area contributed by atoms with Gasteiger partial charge in [-0.15, -0.1) is 0 Å². The van der Waals surface area contributed by atoms with E-state index in [1.54, 1.807) is 30.6 Å². The summed E-state index contributed by atoms with van der Waals surface area (Å²) in [4.78, 5) is 34.8. The van der Waals surface area contributed by atoms with Gasteiger partial charge >= 0.3 is 11.7 Å². The smallest absolute Gasteiger partial charge is 0.326 e. The Morgan fingerprint density at radius 1 is 1.31 bits per heavy atom.